The van der Waals surface area contributed by atoms with Crippen molar-refractivity contribution < 1.29 is 27.5 Å². The van der Waals surface area contributed by atoms with E-state index in [0.29, 0.717) is 6.54 Å². The topological polar surface area (TPSA) is 113 Å². The summed E-state index contributed by atoms with van der Waals surface area (Å²) in [6.45, 7) is 4.34. The first-order valence-electron chi connectivity index (χ1n) is 9.26. The Morgan fingerprint density at radius 2 is 1.72 bits per heavy atom. The molecule has 0 saturated carbocycles. The van der Waals surface area contributed by atoms with E-state index in [9.17, 15) is 22.8 Å². The highest BCUT2D eigenvalue weighted by Crippen LogP contribution is 2.17. The van der Waals surface area contributed by atoms with Crippen molar-refractivity contribution in [2.24, 2.45) is 0 Å². The summed E-state index contributed by atoms with van der Waals surface area (Å²) in [7, 11) is -3.60. The maximum absolute atomic E-state index is 12.6. The van der Waals surface area contributed by atoms with Crippen molar-refractivity contribution in [3.05, 3.63) is 42.5 Å². The fourth-order valence-corrected chi connectivity index (χ4v) is 4.16. The van der Waals surface area contributed by atoms with Crippen LogP contribution in [0.2, 0.25) is 0 Å². The van der Waals surface area contributed by atoms with Gasteiger partial charge in [0.05, 0.1) is 4.90 Å². The number of sulfonamides is 1. The summed E-state index contributed by atoms with van der Waals surface area (Å²) in [4.78, 5) is 37.2. The number of amides is 2. The van der Waals surface area contributed by atoms with E-state index in [0.717, 1.165) is 12.2 Å². The molecular formula is C19H25N3O6S. The lowest BCUT2D eigenvalue weighted by Gasteiger charge is -2.33. The highest BCUT2D eigenvalue weighted by atomic mass is 32.2. The average molecular weight is 423 g/mol. The van der Waals surface area contributed by atoms with Gasteiger partial charge in [0.2, 0.25) is 15.9 Å². The van der Waals surface area contributed by atoms with Gasteiger partial charge in [-0.2, -0.15) is 4.31 Å². The van der Waals surface area contributed by atoms with Crippen LogP contribution in [0.1, 0.15) is 13.8 Å². The Kier molecular flexibility index (Phi) is 7.91. The number of ether oxygens (including phenoxy) is 1. The van der Waals surface area contributed by atoms with Gasteiger partial charge >= 0.3 is 5.97 Å². The van der Waals surface area contributed by atoms with Crippen molar-refractivity contribution in [2.45, 2.75) is 24.8 Å². The second-order valence-corrected chi connectivity index (χ2v) is 8.29. The fourth-order valence-electron chi connectivity index (χ4n) is 2.72. The molecule has 0 spiro atoms. The minimum absolute atomic E-state index is 0.162. The number of nitrogens with zero attached hydrogens (tertiary/aromatic N) is 2. The van der Waals surface area contributed by atoms with Crippen LogP contribution < -0.4 is 5.32 Å². The molecule has 1 aromatic carbocycles. The normalized spacial score (nSPS) is 16.4. The van der Waals surface area contributed by atoms with Crippen molar-refractivity contribution >= 4 is 27.8 Å². The van der Waals surface area contributed by atoms with Crippen molar-refractivity contribution in [3.63, 3.8) is 0 Å². The predicted molar refractivity (Wildman–Crippen MR) is 105 cm³/mol. The van der Waals surface area contributed by atoms with E-state index >= 15 is 0 Å². The molecule has 0 radical (unpaired) electrons. The SMILES string of the molecule is CCNC(=O)[C@H](C)OC(=O)/C=C/C(=O)N1CCN(S(=O)(=O)c2ccccc2)CC1. The lowest BCUT2D eigenvalue weighted by Crippen LogP contribution is -2.50. The summed E-state index contributed by atoms with van der Waals surface area (Å²) in [6, 6.07) is 8.11. The summed E-state index contributed by atoms with van der Waals surface area (Å²) in [5.41, 5.74) is 0. The van der Waals surface area contributed by atoms with Gasteiger partial charge in [-0.25, -0.2) is 13.2 Å². The maximum atomic E-state index is 12.6. The standard InChI is InChI=1S/C19H25N3O6S/c1-3-20-19(25)15(2)28-18(24)10-9-17(23)21-11-13-22(14-12-21)29(26,27)16-7-5-4-6-8-16/h4-10,15H,3,11-14H2,1-2H3,(H,20,25)/b10-9+/t15-/m0/s1. The molecule has 0 bridgehead atoms. The van der Waals surface area contributed by atoms with E-state index in [1.807, 2.05) is 0 Å². The number of carbonyl (C=O) groups is 3. The van der Waals surface area contributed by atoms with E-state index < -0.39 is 33.9 Å². The van der Waals surface area contributed by atoms with Crippen LogP contribution in [0.5, 0.6) is 0 Å². The summed E-state index contributed by atoms with van der Waals surface area (Å²) in [6.07, 6.45) is 1.06. The number of carbonyl (C=O) groups excluding carboxylic acids is 3. The Morgan fingerprint density at radius 3 is 2.31 bits per heavy atom. The molecule has 9 nitrogen and oxygen atoms in total. The molecule has 0 aliphatic carbocycles. The van der Waals surface area contributed by atoms with Crippen LogP contribution in [0.15, 0.2) is 47.4 Å². The molecule has 10 heteroatoms. The van der Waals surface area contributed by atoms with Crippen molar-refractivity contribution in [1.29, 1.82) is 0 Å². The number of rotatable bonds is 7. The van der Waals surface area contributed by atoms with Gasteiger partial charge in [-0.15, -0.1) is 0 Å². The number of esters is 1. The van der Waals surface area contributed by atoms with Gasteiger partial charge in [-0.3, -0.25) is 9.59 Å². The number of likely N-dealkylation sites (N-methyl/N-ethyl adjacent to an activating group) is 1. The smallest absolute Gasteiger partial charge is 0.331 e. The Labute approximate surface area is 170 Å². The van der Waals surface area contributed by atoms with E-state index in [4.69, 9.17) is 4.74 Å². The number of benzene rings is 1. The van der Waals surface area contributed by atoms with Gasteiger partial charge in [0.15, 0.2) is 6.10 Å². The Bertz CT molecular complexity index is 861. The van der Waals surface area contributed by atoms with Gasteiger partial charge < -0.3 is 15.0 Å². The lowest BCUT2D eigenvalue weighted by molar-refractivity contribution is -0.150. The molecule has 0 unspecified atom stereocenters. The van der Waals surface area contributed by atoms with Crippen LogP contribution in [0.3, 0.4) is 0 Å². The van der Waals surface area contributed by atoms with Gasteiger partial charge in [0.25, 0.3) is 5.91 Å². The molecule has 1 aliphatic heterocycles. The van der Waals surface area contributed by atoms with Gasteiger partial charge in [0.1, 0.15) is 0 Å². The third-order valence-electron chi connectivity index (χ3n) is 4.31. The molecule has 1 N–H and O–H groups in total. The van der Waals surface area contributed by atoms with Gasteiger partial charge in [-0.05, 0) is 26.0 Å². The van der Waals surface area contributed by atoms with Crippen LogP contribution in [0, 0.1) is 0 Å². The molecular weight excluding hydrogens is 398 g/mol. The minimum atomic E-state index is -3.60. The number of piperazine rings is 1. The zero-order chi connectivity index (χ0) is 21.4. The van der Waals surface area contributed by atoms with Crippen LogP contribution in [-0.2, 0) is 29.1 Å². The molecule has 2 rings (SSSR count). The van der Waals surface area contributed by atoms with Gasteiger partial charge in [0, 0.05) is 44.9 Å². The van der Waals surface area contributed by atoms with Crippen LogP contribution in [0.4, 0.5) is 0 Å². The molecule has 2 amide bonds. The van der Waals surface area contributed by atoms with Crippen molar-refractivity contribution in [3.8, 4) is 0 Å². The van der Waals surface area contributed by atoms with Crippen molar-refractivity contribution in [1.82, 2.24) is 14.5 Å². The van der Waals surface area contributed by atoms with E-state index in [1.165, 1.54) is 28.3 Å². The zero-order valence-electron chi connectivity index (χ0n) is 16.4. The first-order valence-corrected chi connectivity index (χ1v) is 10.7. The molecule has 1 atom stereocenters. The highest BCUT2D eigenvalue weighted by Gasteiger charge is 2.29. The minimum Gasteiger partial charge on any atom is -0.449 e. The molecule has 158 valence electrons. The largest absolute Gasteiger partial charge is 0.449 e. The average Bonchev–Trinajstić information content (AvgIpc) is 2.72. The maximum Gasteiger partial charge on any atom is 0.331 e. The second-order valence-electron chi connectivity index (χ2n) is 6.35. The first-order chi connectivity index (χ1) is 13.8. The number of nitrogens with one attached hydrogen (secondary N) is 1. The summed E-state index contributed by atoms with van der Waals surface area (Å²) < 4.78 is 31.4. The molecule has 1 aromatic rings. The molecule has 29 heavy (non-hydrogen) atoms. The first kappa shape index (κ1) is 22.6. The number of hydrogen-bond acceptors (Lipinski definition) is 6. The summed E-state index contributed by atoms with van der Waals surface area (Å²) in [5, 5.41) is 2.53. The van der Waals surface area contributed by atoms with Crippen molar-refractivity contribution in [2.75, 3.05) is 32.7 Å². The second kappa shape index (κ2) is 10.2. The third kappa shape index (κ3) is 6.13. The molecule has 1 heterocycles. The van der Waals surface area contributed by atoms with Crippen LogP contribution in [-0.4, -0.2) is 74.2 Å². The van der Waals surface area contributed by atoms with Crippen LogP contribution in [0.25, 0.3) is 0 Å². The molecule has 0 aromatic heterocycles. The Hall–Kier alpha value is -2.72. The molecule has 1 saturated heterocycles. The highest BCUT2D eigenvalue weighted by molar-refractivity contribution is 7.89. The Balaban J connectivity index is 1.86. The van der Waals surface area contributed by atoms with E-state index in [1.54, 1.807) is 25.1 Å². The Morgan fingerprint density at radius 1 is 1.10 bits per heavy atom. The molecule has 1 aliphatic rings. The summed E-state index contributed by atoms with van der Waals surface area (Å²) in [5.74, 6) is -1.65. The quantitative estimate of drug-likeness (QED) is 0.493. The molecule has 1 fully saturated rings. The predicted octanol–water partition coefficient (Wildman–Crippen LogP) is 0.144. The van der Waals surface area contributed by atoms with E-state index in [-0.39, 0.29) is 31.1 Å². The zero-order valence-corrected chi connectivity index (χ0v) is 17.2. The fraction of sp³-hybridized carbons (Fsp3) is 0.421. The summed E-state index contributed by atoms with van der Waals surface area (Å²) >= 11 is 0. The van der Waals surface area contributed by atoms with Crippen LogP contribution >= 0.6 is 0 Å². The van der Waals surface area contributed by atoms with Gasteiger partial charge in [-0.1, -0.05) is 18.2 Å². The lowest BCUT2D eigenvalue weighted by atomic mass is 10.3. The monoisotopic (exact) mass is 423 g/mol. The third-order valence-corrected chi connectivity index (χ3v) is 6.22. The number of hydrogen-bond donors (Lipinski definition) is 1. The van der Waals surface area contributed by atoms with E-state index in [2.05, 4.69) is 5.32 Å².